The normalized spacial score (nSPS) is 20.5. The highest BCUT2D eigenvalue weighted by atomic mass is 16.6. The minimum absolute atomic E-state index is 0.131. The summed E-state index contributed by atoms with van der Waals surface area (Å²) in [6.45, 7) is 2.23. The van der Waals surface area contributed by atoms with Gasteiger partial charge in [-0.25, -0.2) is 4.79 Å². The highest BCUT2D eigenvalue weighted by Crippen LogP contribution is 2.24. The van der Waals surface area contributed by atoms with Crippen molar-refractivity contribution < 1.29 is 14.6 Å². The summed E-state index contributed by atoms with van der Waals surface area (Å²) in [6, 6.07) is 7.61. The first kappa shape index (κ1) is 9.98. The lowest BCUT2D eigenvalue weighted by Crippen LogP contribution is -2.25. The second-order valence-corrected chi connectivity index (χ2v) is 3.59. The number of carbonyl (C=O) groups is 1. The van der Waals surface area contributed by atoms with Gasteiger partial charge < -0.3 is 9.84 Å². The number of cyclic esters (lactones) is 1. The van der Waals surface area contributed by atoms with Crippen LogP contribution in [-0.4, -0.2) is 30.5 Å². The predicted octanol–water partition coefficient (Wildman–Crippen LogP) is 1.31. The molecule has 2 rings (SSSR count). The van der Waals surface area contributed by atoms with Crippen LogP contribution in [0.1, 0.15) is 5.56 Å². The van der Waals surface area contributed by atoms with Gasteiger partial charge in [-0.15, -0.1) is 0 Å². The summed E-state index contributed by atoms with van der Waals surface area (Å²) in [4.78, 5) is 13.0. The number of amides is 1. The minimum Gasteiger partial charge on any atom is -0.441 e. The number of anilines is 1. The van der Waals surface area contributed by atoms with Crippen molar-refractivity contribution >= 4 is 11.8 Å². The summed E-state index contributed by atoms with van der Waals surface area (Å²) in [5, 5.41) is 8.91. The lowest BCUT2D eigenvalue weighted by atomic mass is 10.2. The number of hydrogen-bond acceptors (Lipinski definition) is 3. The first-order chi connectivity index (χ1) is 7.22. The molecule has 1 atom stereocenters. The molecule has 0 bridgehead atoms. The highest BCUT2D eigenvalue weighted by Gasteiger charge is 2.32. The Labute approximate surface area is 88.1 Å². The maximum Gasteiger partial charge on any atom is 0.414 e. The van der Waals surface area contributed by atoms with Crippen LogP contribution in [0.5, 0.6) is 0 Å². The van der Waals surface area contributed by atoms with Crippen LogP contribution in [-0.2, 0) is 4.74 Å². The number of nitrogens with zero attached hydrogens (tertiary/aromatic N) is 1. The smallest absolute Gasteiger partial charge is 0.414 e. The van der Waals surface area contributed by atoms with Gasteiger partial charge in [-0.3, -0.25) is 4.90 Å². The third-order valence-electron chi connectivity index (χ3n) is 2.48. The van der Waals surface area contributed by atoms with E-state index in [0.717, 1.165) is 11.3 Å². The molecule has 1 N–H and O–H groups in total. The van der Waals surface area contributed by atoms with Gasteiger partial charge in [0, 0.05) is 0 Å². The molecule has 1 aliphatic heterocycles. The average Bonchev–Trinajstić information content (AvgIpc) is 2.60. The van der Waals surface area contributed by atoms with E-state index in [1.165, 1.54) is 0 Å². The lowest BCUT2D eigenvalue weighted by Gasteiger charge is -2.15. The number of para-hydroxylation sites is 1. The molecule has 15 heavy (non-hydrogen) atoms. The van der Waals surface area contributed by atoms with Gasteiger partial charge in [0.05, 0.1) is 18.8 Å². The van der Waals surface area contributed by atoms with Crippen molar-refractivity contribution in [1.82, 2.24) is 0 Å². The molecule has 0 aromatic heterocycles. The molecule has 80 valence electrons. The third kappa shape index (κ3) is 1.80. The van der Waals surface area contributed by atoms with Crippen LogP contribution in [0.4, 0.5) is 10.5 Å². The maximum atomic E-state index is 11.5. The zero-order valence-corrected chi connectivity index (χ0v) is 8.51. The number of carbonyl (C=O) groups excluding carboxylic acids is 1. The fourth-order valence-corrected chi connectivity index (χ4v) is 1.68. The third-order valence-corrected chi connectivity index (χ3v) is 2.48. The molecular formula is C11H13NO3. The molecule has 4 nitrogen and oxygen atoms in total. The zero-order valence-electron chi connectivity index (χ0n) is 8.51. The Morgan fingerprint density at radius 2 is 2.27 bits per heavy atom. The molecule has 0 unspecified atom stereocenters. The van der Waals surface area contributed by atoms with Crippen LogP contribution in [0.3, 0.4) is 0 Å². The van der Waals surface area contributed by atoms with Crippen molar-refractivity contribution in [2.24, 2.45) is 0 Å². The van der Waals surface area contributed by atoms with Crippen LogP contribution in [0.15, 0.2) is 24.3 Å². The van der Waals surface area contributed by atoms with E-state index in [4.69, 9.17) is 9.84 Å². The number of ether oxygens (including phenoxy) is 1. The average molecular weight is 207 g/mol. The molecule has 1 fully saturated rings. The fourth-order valence-electron chi connectivity index (χ4n) is 1.68. The van der Waals surface area contributed by atoms with Crippen LogP contribution < -0.4 is 4.90 Å². The van der Waals surface area contributed by atoms with Gasteiger partial charge in [0.25, 0.3) is 0 Å². The Morgan fingerprint density at radius 1 is 1.53 bits per heavy atom. The van der Waals surface area contributed by atoms with E-state index in [2.05, 4.69) is 0 Å². The fraction of sp³-hybridized carbons (Fsp3) is 0.364. The molecule has 4 heteroatoms. The molecule has 0 aliphatic carbocycles. The standard InChI is InChI=1S/C11H13NO3/c1-8-4-2-3-5-10(8)12-6-9(7-13)15-11(12)14/h2-5,9,13H,6-7H2,1H3/t9-/m0/s1. The molecule has 1 aromatic rings. The molecule has 0 saturated carbocycles. The molecule has 1 amide bonds. The first-order valence-electron chi connectivity index (χ1n) is 4.87. The first-order valence-corrected chi connectivity index (χ1v) is 4.87. The topological polar surface area (TPSA) is 49.8 Å². The molecule has 0 radical (unpaired) electrons. The number of rotatable bonds is 2. The Kier molecular flexibility index (Phi) is 2.60. The Morgan fingerprint density at radius 3 is 2.87 bits per heavy atom. The summed E-state index contributed by atoms with van der Waals surface area (Å²) in [6.07, 6.45) is -0.791. The lowest BCUT2D eigenvalue weighted by molar-refractivity contribution is 0.0963. The summed E-state index contributed by atoms with van der Waals surface area (Å²) in [7, 11) is 0. The van der Waals surface area contributed by atoms with Crippen molar-refractivity contribution in [3.63, 3.8) is 0 Å². The van der Waals surface area contributed by atoms with E-state index in [1.807, 2.05) is 31.2 Å². The monoisotopic (exact) mass is 207 g/mol. The van der Waals surface area contributed by atoms with Gasteiger partial charge >= 0.3 is 6.09 Å². The van der Waals surface area contributed by atoms with Gasteiger partial charge in [-0.1, -0.05) is 18.2 Å². The van der Waals surface area contributed by atoms with Gasteiger partial charge in [0.2, 0.25) is 0 Å². The zero-order chi connectivity index (χ0) is 10.8. The van der Waals surface area contributed by atoms with Crippen molar-refractivity contribution in [2.75, 3.05) is 18.1 Å². The maximum absolute atomic E-state index is 11.5. The van der Waals surface area contributed by atoms with E-state index in [0.29, 0.717) is 6.54 Å². The van der Waals surface area contributed by atoms with Crippen LogP contribution in [0.25, 0.3) is 0 Å². The Balaban J connectivity index is 2.25. The number of benzene rings is 1. The number of aliphatic hydroxyl groups excluding tert-OH is 1. The largest absolute Gasteiger partial charge is 0.441 e. The van der Waals surface area contributed by atoms with E-state index >= 15 is 0 Å². The Bertz CT molecular complexity index is 378. The molecule has 1 aliphatic rings. The van der Waals surface area contributed by atoms with Crippen molar-refractivity contribution in [3.05, 3.63) is 29.8 Å². The number of aliphatic hydroxyl groups is 1. The minimum atomic E-state index is -0.405. The summed E-state index contributed by atoms with van der Waals surface area (Å²) < 4.78 is 4.97. The quantitative estimate of drug-likeness (QED) is 0.795. The number of aryl methyl sites for hydroxylation is 1. The molecule has 0 spiro atoms. The van der Waals surface area contributed by atoms with E-state index < -0.39 is 6.10 Å². The van der Waals surface area contributed by atoms with E-state index in [9.17, 15) is 4.79 Å². The van der Waals surface area contributed by atoms with Gasteiger partial charge in [-0.05, 0) is 18.6 Å². The van der Waals surface area contributed by atoms with Gasteiger partial charge in [0.1, 0.15) is 6.10 Å². The summed E-state index contributed by atoms with van der Waals surface area (Å²) >= 11 is 0. The van der Waals surface area contributed by atoms with Crippen molar-refractivity contribution in [3.8, 4) is 0 Å². The number of hydrogen-bond donors (Lipinski definition) is 1. The summed E-state index contributed by atoms with van der Waals surface area (Å²) in [5.74, 6) is 0. The van der Waals surface area contributed by atoms with E-state index in [-0.39, 0.29) is 12.7 Å². The van der Waals surface area contributed by atoms with Crippen molar-refractivity contribution in [2.45, 2.75) is 13.0 Å². The van der Waals surface area contributed by atoms with Crippen molar-refractivity contribution in [1.29, 1.82) is 0 Å². The molecule has 1 aromatic carbocycles. The molecule has 1 heterocycles. The van der Waals surface area contributed by atoms with Crippen LogP contribution in [0, 0.1) is 6.92 Å². The van der Waals surface area contributed by atoms with Crippen LogP contribution in [0.2, 0.25) is 0 Å². The predicted molar refractivity (Wildman–Crippen MR) is 55.9 cm³/mol. The SMILES string of the molecule is Cc1ccccc1N1C[C@@H](CO)OC1=O. The van der Waals surface area contributed by atoms with Crippen LogP contribution >= 0.6 is 0 Å². The highest BCUT2D eigenvalue weighted by molar-refractivity contribution is 5.90. The van der Waals surface area contributed by atoms with E-state index in [1.54, 1.807) is 4.90 Å². The molecule has 1 saturated heterocycles. The Hall–Kier alpha value is -1.55. The second kappa shape index (κ2) is 3.90. The second-order valence-electron chi connectivity index (χ2n) is 3.59. The molecular weight excluding hydrogens is 194 g/mol. The summed E-state index contributed by atoms with van der Waals surface area (Å²) in [5.41, 5.74) is 1.87. The van der Waals surface area contributed by atoms with Gasteiger partial charge in [-0.2, -0.15) is 0 Å². The van der Waals surface area contributed by atoms with Gasteiger partial charge in [0.15, 0.2) is 0 Å².